The Labute approximate surface area is 127 Å². The van der Waals surface area contributed by atoms with E-state index >= 15 is 0 Å². The molecule has 9 heteroatoms. The van der Waals surface area contributed by atoms with E-state index in [0.29, 0.717) is 11.4 Å². The van der Waals surface area contributed by atoms with Gasteiger partial charge in [-0.25, -0.2) is 8.42 Å². The molecule has 0 fully saturated rings. The molecule has 0 aliphatic rings. The molecule has 0 aromatic carbocycles. The van der Waals surface area contributed by atoms with Gasteiger partial charge in [-0.2, -0.15) is 0 Å². The van der Waals surface area contributed by atoms with Crippen LogP contribution in [0, 0.1) is 0 Å². The van der Waals surface area contributed by atoms with Gasteiger partial charge >= 0.3 is 0 Å². The highest BCUT2D eigenvalue weighted by Crippen LogP contribution is 2.49. The lowest BCUT2D eigenvalue weighted by Crippen LogP contribution is -2.34. The van der Waals surface area contributed by atoms with Crippen LogP contribution in [0.4, 0.5) is 0 Å². The molecule has 1 unspecified atom stereocenters. The molecule has 0 rings (SSSR count). The molecule has 19 heavy (non-hydrogen) atoms. The van der Waals surface area contributed by atoms with Crippen LogP contribution in [0.25, 0.3) is 0 Å². The normalized spacial score (nSPS) is 15.3. The van der Waals surface area contributed by atoms with Gasteiger partial charge in [-0.3, -0.25) is 0 Å². The highest BCUT2D eigenvalue weighted by atomic mass is 32.5. The Morgan fingerprint density at radius 3 is 2.21 bits per heavy atom. The maximum Gasteiger partial charge on any atom is 0.239 e. The fraction of sp³-hybridized carbons (Fsp3) is 0.900. The summed E-state index contributed by atoms with van der Waals surface area (Å²) in [7, 11) is -0.706. The summed E-state index contributed by atoms with van der Waals surface area (Å²) in [5.74, 6) is 0.00671. The fourth-order valence-corrected chi connectivity index (χ4v) is 6.60. The van der Waals surface area contributed by atoms with E-state index in [1.807, 2.05) is 0 Å². The van der Waals surface area contributed by atoms with Crippen molar-refractivity contribution in [3.8, 4) is 0 Å². The minimum Gasteiger partial charge on any atom is -0.338 e. The zero-order chi connectivity index (χ0) is 15.3. The standard InChI is InChI=1S/C10H23N2O3PS3/c1-5-6-7-8-9-19(14,15)12(4)16(13,18)11(3)10(2)17/h5-9H2,1-4H3,(H,13,18). The van der Waals surface area contributed by atoms with Gasteiger partial charge in [0.1, 0.15) is 0 Å². The second-order valence-corrected chi connectivity index (χ2v) is 11.0. The first kappa shape index (κ1) is 19.4. The summed E-state index contributed by atoms with van der Waals surface area (Å²) in [4.78, 5) is 10.6. The highest BCUT2D eigenvalue weighted by molar-refractivity contribution is 8.14. The summed E-state index contributed by atoms with van der Waals surface area (Å²) >= 11 is 10.0. The zero-order valence-electron chi connectivity index (χ0n) is 11.9. The number of hydrogen-bond donors (Lipinski definition) is 1. The van der Waals surface area contributed by atoms with Crippen molar-refractivity contribution in [3.05, 3.63) is 0 Å². The SMILES string of the molecule is CCCCCCS(=O)(=O)N(C)P(O)(=S)N(C)C(C)=S. The third-order valence-corrected chi connectivity index (χ3v) is 9.92. The van der Waals surface area contributed by atoms with Gasteiger partial charge in [-0.1, -0.05) is 38.4 Å². The topological polar surface area (TPSA) is 60.9 Å². The van der Waals surface area contributed by atoms with Gasteiger partial charge in [0.05, 0.1) is 10.7 Å². The van der Waals surface area contributed by atoms with Crippen molar-refractivity contribution >= 4 is 45.6 Å². The summed E-state index contributed by atoms with van der Waals surface area (Å²) < 4.78 is 26.5. The van der Waals surface area contributed by atoms with Gasteiger partial charge in [-0.05, 0) is 25.2 Å². The van der Waals surface area contributed by atoms with Gasteiger partial charge in [0, 0.05) is 14.1 Å². The van der Waals surface area contributed by atoms with Crippen LogP contribution >= 0.6 is 18.8 Å². The predicted molar refractivity (Wildman–Crippen MR) is 88.2 cm³/mol. The number of hydrogen-bond acceptors (Lipinski definition) is 4. The highest BCUT2D eigenvalue weighted by Gasteiger charge is 2.34. The van der Waals surface area contributed by atoms with Gasteiger partial charge in [0.2, 0.25) is 16.6 Å². The first-order valence-electron chi connectivity index (χ1n) is 6.12. The van der Waals surface area contributed by atoms with Crippen molar-refractivity contribution in [3.63, 3.8) is 0 Å². The maximum atomic E-state index is 12.1. The monoisotopic (exact) mass is 346 g/mol. The van der Waals surface area contributed by atoms with Crippen molar-refractivity contribution in [1.29, 1.82) is 0 Å². The van der Waals surface area contributed by atoms with E-state index in [4.69, 9.17) is 24.0 Å². The molecule has 0 bridgehead atoms. The van der Waals surface area contributed by atoms with E-state index < -0.39 is 16.6 Å². The van der Waals surface area contributed by atoms with Crippen LogP contribution in [0.5, 0.6) is 0 Å². The van der Waals surface area contributed by atoms with Crippen LogP contribution < -0.4 is 0 Å². The molecule has 1 N–H and O–H groups in total. The Balaban J connectivity index is 4.83. The van der Waals surface area contributed by atoms with Crippen LogP contribution in [-0.2, 0) is 21.8 Å². The Morgan fingerprint density at radius 1 is 1.26 bits per heavy atom. The molecule has 0 aromatic rings. The van der Waals surface area contributed by atoms with E-state index in [1.165, 1.54) is 18.8 Å². The molecular weight excluding hydrogens is 323 g/mol. The van der Waals surface area contributed by atoms with Crippen molar-refractivity contribution in [1.82, 2.24) is 8.75 Å². The van der Waals surface area contributed by atoms with E-state index in [2.05, 4.69) is 6.92 Å². The second-order valence-electron chi connectivity index (χ2n) is 4.37. The summed E-state index contributed by atoms with van der Waals surface area (Å²) in [6.07, 6.45) is 3.49. The van der Waals surface area contributed by atoms with Gasteiger partial charge < -0.3 is 9.56 Å². The Bertz CT molecular complexity index is 453. The molecule has 0 spiro atoms. The molecule has 0 aromatic heterocycles. The van der Waals surface area contributed by atoms with Crippen molar-refractivity contribution in [2.45, 2.75) is 39.5 Å². The van der Waals surface area contributed by atoms with Crippen LogP contribution in [0.15, 0.2) is 0 Å². The number of thiocarbonyl (C=S) groups is 1. The van der Waals surface area contributed by atoms with Gasteiger partial charge in [-0.15, -0.1) is 4.08 Å². The molecule has 0 aliphatic carbocycles. The second kappa shape index (κ2) is 8.00. The number of unbranched alkanes of at least 4 members (excludes halogenated alkanes) is 3. The van der Waals surface area contributed by atoms with Gasteiger partial charge in [0.15, 0.2) is 0 Å². The number of rotatable bonds is 8. The van der Waals surface area contributed by atoms with Crippen LogP contribution in [0.2, 0.25) is 0 Å². The van der Waals surface area contributed by atoms with Crippen LogP contribution in [-0.4, -0.2) is 46.9 Å². The molecule has 0 radical (unpaired) electrons. The average Bonchev–Trinajstić information content (AvgIpc) is 2.32. The Morgan fingerprint density at radius 2 is 1.79 bits per heavy atom. The molecule has 5 nitrogen and oxygen atoms in total. The minimum absolute atomic E-state index is 0.00671. The number of nitrogens with zero attached hydrogens (tertiary/aromatic N) is 2. The molecular formula is C10H23N2O3PS3. The first-order chi connectivity index (χ1) is 8.57. The molecule has 0 aliphatic heterocycles. The lowest BCUT2D eigenvalue weighted by Gasteiger charge is -2.33. The van der Waals surface area contributed by atoms with Crippen LogP contribution in [0.1, 0.15) is 39.5 Å². The molecule has 0 heterocycles. The third-order valence-electron chi connectivity index (χ3n) is 2.87. The van der Waals surface area contributed by atoms with E-state index in [0.717, 1.165) is 23.3 Å². The predicted octanol–water partition coefficient (Wildman–Crippen LogP) is 2.32. The molecule has 0 saturated carbocycles. The van der Waals surface area contributed by atoms with E-state index in [9.17, 15) is 13.3 Å². The number of sulfonamides is 1. The molecule has 0 saturated heterocycles. The minimum atomic E-state index is -3.55. The summed E-state index contributed by atoms with van der Waals surface area (Å²) in [6.45, 7) is 0.329. The van der Waals surface area contributed by atoms with Crippen LogP contribution in [0.3, 0.4) is 0 Å². The van der Waals surface area contributed by atoms with Crippen molar-refractivity contribution in [2.75, 3.05) is 19.8 Å². The van der Waals surface area contributed by atoms with Crippen molar-refractivity contribution < 1.29 is 13.3 Å². The van der Waals surface area contributed by atoms with E-state index in [-0.39, 0.29) is 5.75 Å². The summed E-state index contributed by atoms with van der Waals surface area (Å²) in [5, 5.41) is 0. The van der Waals surface area contributed by atoms with Crippen molar-refractivity contribution in [2.24, 2.45) is 0 Å². The summed E-state index contributed by atoms with van der Waals surface area (Å²) in [6, 6.07) is 0. The van der Waals surface area contributed by atoms with E-state index in [1.54, 1.807) is 6.92 Å². The maximum absolute atomic E-state index is 12.1. The molecule has 114 valence electrons. The average molecular weight is 346 g/mol. The third kappa shape index (κ3) is 5.73. The fourth-order valence-electron chi connectivity index (χ4n) is 1.38. The lowest BCUT2D eigenvalue weighted by atomic mass is 10.2. The Kier molecular flexibility index (Phi) is 8.17. The molecule has 0 amide bonds. The smallest absolute Gasteiger partial charge is 0.239 e. The Hall–Kier alpha value is 0.410. The largest absolute Gasteiger partial charge is 0.338 e. The molecule has 1 atom stereocenters. The quantitative estimate of drug-likeness (QED) is 0.413. The lowest BCUT2D eigenvalue weighted by molar-refractivity contribution is 0.491. The summed E-state index contributed by atoms with van der Waals surface area (Å²) in [5.41, 5.74) is 0. The zero-order valence-corrected chi connectivity index (χ0v) is 15.2. The van der Waals surface area contributed by atoms with Gasteiger partial charge in [0.25, 0.3) is 0 Å². The first-order valence-corrected chi connectivity index (χ1v) is 10.8.